The van der Waals surface area contributed by atoms with Crippen molar-refractivity contribution in [3.63, 3.8) is 0 Å². The summed E-state index contributed by atoms with van der Waals surface area (Å²) in [5.74, 6) is -1.98. The van der Waals surface area contributed by atoms with Gasteiger partial charge in [-0.25, -0.2) is 4.79 Å². The van der Waals surface area contributed by atoms with E-state index in [1.54, 1.807) is 0 Å². The molecule has 2 aromatic carbocycles. The third-order valence-corrected chi connectivity index (χ3v) is 4.12. The molecule has 1 N–H and O–H groups in total. The fourth-order valence-corrected chi connectivity index (χ4v) is 2.48. The molecule has 0 fully saturated rings. The van der Waals surface area contributed by atoms with E-state index in [1.165, 1.54) is 13.2 Å². The van der Waals surface area contributed by atoms with Gasteiger partial charge in [0.25, 0.3) is 5.91 Å². The predicted octanol–water partition coefficient (Wildman–Crippen LogP) is 4.94. The molecule has 0 saturated heterocycles. The second-order valence-electron chi connectivity index (χ2n) is 6.66. The second kappa shape index (κ2) is 11.5. The molecule has 34 heavy (non-hydrogen) atoms. The van der Waals surface area contributed by atoms with E-state index in [9.17, 15) is 35.9 Å². The van der Waals surface area contributed by atoms with Crippen LogP contribution in [0.1, 0.15) is 16.7 Å². The fraction of sp³-hybridized carbons (Fsp3) is 0.273. The summed E-state index contributed by atoms with van der Waals surface area (Å²) in [5, 5.41) is 2.19. The van der Waals surface area contributed by atoms with Crippen LogP contribution in [0, 0.1) is 0 Å². The molecule has 0 unspecified atom stereocenters. The molecule has 0 saturated carbocycles. The van der Waals surface area contributed by atoms with Gasteiger partial charge in [-0.15, -0.1) is 0 Å². The number of carbonyl (C=O) groups excluding carboxylic acids is 2. The average molecular weight is 491 g/mol. The van der Waals surface area contributed by atoms with Crippen molar-refractivity contribution in [2.75, 3.05) is 32.2 Å². The van der Waals surface area contributed by atoms with Crippen LogP contribution in [-0.2, 0) is 31.4 Å². The Morgan fingerprint density at radius 1 is 0.912 bits per heavy atom. The molecule has 6 nitrogen and oxygen atoms in total. The van der Waals surface area contributed by atoms with Crippen molar-refractivity contribution in [1.29, 1.82) is 0 Å². The van der Waals surface area contributed by atoms with Crippen LogP contribution in [0.3, 0.4) is 0 Å². The van der Waals surface area contributed by atoms with Crippen molar-refractivity contribution >= 4 is 23.6 Å². The monoisotopic (exact) mass is 491 g/mol. The predicted molar refractivity (Wildman–Crippen MR) is 109 cm³/mol. The van der Waals surface area contributed by atoms with Crippen LogP contribution in [0.15, 0.2) is 48.5 Å². The van der Waals surface area contributed by atoms with Gasteiger partial charge in [0.1, 0.15) is 12.4 Å². The highest BCUT2D eigenvalue weighted by Gasteiger charge is 2.31. The summed E-state index contributed by atoms with van der Waals surface area (Å²) >= 11 is 0. The van der Waals surface area contributed by atoms with Crippen LogP contribution in [0.4, 0.5) is 32.0 Å². The molecule has 0 heterocycles. The highest BCUT2D eigenvalue weighted by atomic mass is 19.4. The lowest BCUT2D eigenvalue weighted by atomic mass is 10.1. The SMILES string of the molecule is COCCOc1ccc(C(F)(F)F)cc1NC(=O)COC(=O)C=Cc1ccc(C(F)(F)F)cc1. The van der Waals surface area contributed by atoms with Gasteiger partial charge < -0.3 is 19.5 Å². The third-order valence-electron chi connectivity index (χ3n) is 4.12. The van der Waals surface area contributed by atoms with Gasteiger partial charge in [0.2, 0.25) is 0 Å². The maximum absolute atomic E-state index is 13.0. The Hall–Kier alpha value is -3.54. The van der Waals surface area contributed by atoms with Gasteiger partial charge in [0, 0.05) is 13.2 Å². The van der Waals surface area contributed by atoms with E-state index in [1.807, 2.05) is 0 Å². The quantitative estimate of drug-likeness (QED) is 0.233. The maximum atomic E-state index is 13.0. The number of anilines is 1. The lowest BCUT2D eigenvalue weighted by Gasteiger charge is -2.15. The number of halogens is 6. The van der Waals surface area contributed by atoms with Crippen LogP contribution < -0.4 is 10.1 Å². The number of hydrogen-bond acceptors (Lipinski definition) is 5. The number of methoxy groups -OCH3 is 1. The van der Waals surface area contributed by atoms with Gasteiger partial charge in [-0.05, 0) is 42.0 Å². The van der Waals surface area contributed by atoms with Gasteiger partial charge in [0.15, 0.2) is 6.61 Å². The van der Waals surface area contributed by atoms with E-state index >= 15 is 0 Å². The minimum absolute atomic E-state index is 0.00840. The molecule has 184 valence electrons. The third kappa shape index (κ3) is 8.43. The van der Waals surface area contributed by atoms with Crippen molar-refractivity contribution in [3.8, 4) is 5.75 Å². The zero-order valence-electron chi connectivity index (χ0n) is 17.6. The summed E-state index contributed by atoms with van der Waals surface area (Å²) in [6.07, 6.45) is -7.10. The Morgan fingerprint density at radius 3 is 2.12 bits per heavy atom. The van der Waals surface area contributed by atoms with Gasteiger partial charge >= 0.3 is 18.3 Å². The Bertz CT molecular complexity index is 1020. The molecule has 12 heteroatoms. The molecule has 0 aliphatic heterocycles. The number of hydrogen-bond donors (Lipinski definition) is 1. The number of amides is 1. The Morgan fingerprint density at radius 2 is 1.53 bits per heavy atom. The normalized spacial score (nSPS) is 12.0. The largest absolute Gasteiger partial charge is 0.489 e. The summed E-state index contributed by atoms with van der Waals surface area (Å²) in [4.78, 5) is 23.9. The number of carbonyl (C=O) groups is 2. The van der Waals surface area contributed by atoms with Gasteiger partial charge in [-0.1, -0.05) is 12.1 Å². The van der Waals surface area contributed by atoms with Crippen LogP contribution in [-0.4, -0.2) is 38.8 Å². The number of alkyl halides is 6. The molecule has 0 aliphatic rings. The first kappa shape index (κ1) is 26.7. The van der Waals surface area contributed by atoms with E-state index in [-0.39, 0.29) is 30.2 Å². The smallest absolute Gasteiger partial charge is 0.416 e. The molecular weight excluding hydrogens is 472 g/mol. The molecule has 0 atom stereocenters. The first-order valence-electron chi connectivity index (χ1n) is 9.55. The summed E-state index contributed by atoms with van der Waals surface area (Å²) < 4.78 is 91.4. The van der Waals surface area contributed by atoms with Gasteiger partial charge in [-0.2, -0.15) is 26.3 Å². The molecule has 1 amide bonds. The molecule has 2 aromatic rings. The van der Waals surface area contributed by atoms with Crippen molar-refractivity contribution in [2.45, 2.75) is 12.4 Å². The number of rotatable bonds is 9. The fourth-order valence-electron chi connectivity index (χ4n) is 2.48. The summed E-state index contributed by atoms with van der Waals surface area (Å²) in [6.45, 7) is -0.671. The van der Waals surface area contributed by atoms with E-state index in [0.29, 0.717) is 6.07 Å². The van der Waals surface area contributed by atoms with Crippen molar-refractivity contribution in [3.05, 3.63) is 65.2 Å². The summed E-state index contributed by atoms with van der Waals surface area (Å²) in [5.41, 5.74) is -1.90. The van der Waals surface area contributed by atoms with E-state index in [4.69, 9.17) is 14.2 Å². The van der Waals surface area contributed by atoms with Crippen LogP contribution >= 0.6 is 0 Å². The van der Waals surface area contributed by atoms with E-state index < -0.39 is 42.0 Å². The Balaban J connectivity index is 1.97. The molecule has 0 aromatic heterocycles. The molecule has 2 rings (SSSR count). The van der Waals surface area contributed by atoms with Crippen LogP contribution in [0.5, 0.6) is 5.75 Å². The zero-order valence-corrected chi connectivity index (χ0v) is 17.6. The molecule has 0 aliphatic carbocycles. The minimum Gasteiger partial charge on any atom is -0.489 e. The van der Waals surface area contributed by atoms with E-state index in [2.05, 4.69) is 5.32 Å². The lowest BCUT2D eigenvalue weighted by molar-refractivity contribution is -0.142. The number of nitrogens with one attached hydrogen (secondary N) is 1. The molecule has 0 radical (unpaired) electrons. The van der Waals surface area contributed by atoms with Crippen LogP contribution in [0.25, 0.3) is 6.08 Å². The van der Waals surface area contributed by atoms with Crippen molar-refractivity contribution in [1.82, 2.24) is 0 Å². The summed E-state index contributed by atoms with van der Waals surface area (Å²) in [6, 6.07) is 6.43. The van der Waals surface area contributed by atoms with Crippen molar-refractivity contribution in [2.24, 2.45) is 0 Å². The number of benzene rings is 2. The van der Waals surface area contributed by atoms with Crippen LogP contribution in [0.2, 0.25) is 0 Å². The standard InChI is InChI=1S/C22H19F6NO5/c1-32-10-11-33-18-8-7-16(22(26,27)28)12-17(18)29-19(30)13-34-20(31)9-4-14-2-5-15(6-3-14)21(23,24)25/h2-9,12H,10-11,13H2,1H3,(H,29,30). The average Bonchev–Trinajstić information content (AvgIpc) is 2.76. The topological polar surface area (TPSA) is 73.9 Å². The first-order valence-corrected chi connectivity index (χ1v) is 9.55. The maximum Gasteiger partial charge on any atom is 0.416 e. The Labute approximate surface area is 190 Å². The van der Waals surface area contributed by atoms with Gasteiger partial charge in [-0.3, -0.25) is 4.79 Å². The Kier molecular flexibility index (Phi) is 9.07. The zero-order chi connectivity index (χ0) is 25.4. The van der Waals surface area contributed by atoms with Crippen molar-refractivity contribution < 1.29 is 50.1 Å². The molecule has 0 bridgehead atoms. The first-order chi connectivity index (χ1) is 15.9. The second-order valence-corrected chi connectivity index (χ2v) is 6.66. The highest BCUT2D eigenvalue weighted by Crippen LogP contribution is 2.35. The molecular formula is C22H19F6NO5. The molecule has 0 spiro atoms. The summed E-state index contributed by atoms with van der Waals surface area (Å²) in [7, 11) is 1.40. The lowest BCUT2D eigenvalue weighted by Crippen LogP contribution is -2.21. The minimum atomic E-state index is -4.67. The number of esters is 1. The number of ether oxygens (including phenoxy) is 3. The highest BCUT2D eigenvalue weighted by molar-refractivity contribution is 5.95. The van der Waals surface area contributed by atoms with E-state index in [0.717, 1.165) is 42.5 Å². The van der Waals surface area contributed by atoms with Gasteiger partial charge in [0.05, 0.1) is 23.4 Å².